The third-order valence-electron chi connectivity index (χ3n) is 3.82. The molecule has 0 aromatic heterocycles. The minimum Gasteiger partial charge on any atom is -0.464 e. The number of rotatable bonds is 14. The third kappa shape index (κ3) is 11.9. The number of nitrogens with two attached hydrogens (primary N) is 1. The number of hydrogen-bond acceptors (Lipinski definition) is 4. The molecule has 6 heteroatoms. The maximum absolute atomic E-state index is 12.0. The lowest BCUT2D eigenvalue weighted by atomic mass is 10.1. The predicted molar refractivity (Wildman–Crippen MR) is 94.4 cm³/mol. The molecule has 0 unspecified atom stereocenters. The van der Waals surface area contributed by atoms with E-state index >= 15 is 0 Å². The maximum Gasteiger partial charge on any atom is 0.326 e. The van der Waals surface area contributed by atoms with Gasteiger partial charge in [0.1, 0.15) is 6.54 Å². The minimum absolute atomic E-state index is 0.236. The summed E-state index contributed by atoms with van der Waals surface area (Å²) in [5.41, 5.74) is 5.18. The normalized spacial score (nSPS) is 10.4. The number of esters is 1. The van der Waals surface area contributed by atoms with Gasteiger partial charge >= 0.3 is 12.0 Å². The van der Waals surface area contributed by atoms with E-state index in [1.165, 1.54) is 38.5 Å². The minimum atomic E-state index is -0.899. The Morgan fingerprint density at radius 2 is 1.38 bits per heavy atom. The molecule has 0 aromatic rings. The Hall–Kier alpha value is -1.59. The van der Waals surface area contributed by atoms with Gasteiger partial charge in [0, 0.05) is 6.42 Å². The zero-order chi connectivity index (χ0) is 18.2. The Balaban J connectivity index is 3.87. The molecule has 2 N–H and O–H groups in total. The molecule has 0 aromatic carbocycles. The van der Waals surface area contributed by atoms with Gasteiger partial charge in [-0.1, -0.05) is 65.2 Å². The first-order valence-electron chi connectivity index (χ1n) is 9.28. The highest BCUT2D eigenvalue weighted by Crippen LogP contribution is 2.11. The van der Waals surface area contributed by atoms with Crippen LogP contribution < -0.4 is 5.73 Å². The molecule has 0 aliphatic heterocycles. The molecule has 3 amide bonds. The number of carbonyl (C=O) groups excluding carboxylic acids is 3. The molecule has 140 valence electrons. The lowest BCUT2D eigenvalue weighted by Crippen LogP contribution is -2.44. The quantitative estimate of drug-likeness (QED) is 0.384. The van der Waals surface area contributed by atoms with E-state index in [4.69, 9.17) is 10.5 Å². The van der Waals surface area contributed by atoms with Crippen LogP contribution in [0.15, 0.2) is 0 Å². The van der Waals surface area contributed by atoms with Gasteiger partial charge in [0.2, 0.25) is 5.91 Å². The number of ether oxygens (including phenoxy) is 1. The first kappa shape index (κ1) is 22.4. The van der Waals surface area contributed by atoms with Gasteiger partial charge in [-0.25, -0.2) is 4.79 Å². The molecule has 0 spiro atoms. The molecule has 0 aliphatic carbocycles. The van der Waals surface area contributed by atoms with Crippen molar-refractivity contribution < 1.29 is 19.1 Å². The van der Waals surface area contributed by atoms with Gasteiger partial charge in [-0.2, -0.15) is 0 Å². The molecule has 0 heterocycles. The highest BCUT2D eigenvalue weighted by Gasteiger charge is 2.22. The fraction of sp³-hybridized carbons (Fsp3) is 0.833. The van der Waals surface area contributed by atoms with Crippen molar-refractivity contribution in [3.63, 3.8) is 0 Å². The van der Waals surface area contributed by atoms with Crippen LogP contribution in [0.25, 0.3) is 0 Å². The van der Waals surface area contributed by atoms with Crippen LogP contribution in [-0.2, 0) is 14.3 Å². The fourth-order valence-electron chi connectivity index (χ4n) is 2.40. The van der Waals surface area contributed by atoms with Crippen LogP contribution in [0.3, 0.4) is 0 Å². The van der Waals surface area contributed by atoms with Crippen LogP contribution >= 0.6 is 0 Å². The van der Waals surface area contributed by atoms with Gasteiger partial charge in [-0.3, -0.25) is 14.5 Å². The van der Waals surface area contributed by atoms with E-state index in [-0.39, 0.29) is 13.0 Å². The zero-order valence-electron chi connectivity index (χ0n) is 15.3. The van der Waals surface area contributed by atoms with Gasteiger partial charge in [0.25, 0.3) is 0 Å². The maximum atomic E-state index is 12.0. The highest BCUT2D eigenvalue weighted by molar-refractivity contribution is 5.96. The van der Waals surface area contributed by atoms with Crippen molar-refractivity contribution in [2.75, 3.05) is 13.2 Å². The van der Waals surface area contributed by atoms with E-state index in [0.717, 1.165) is 17.7 Å². The molecule has 0 rings (SSSR count). The van der Waals surface area contributed by atoms with Crippen molar-refractivity contribution in [2.45, 2.75) is 84.5 Å². The second-order valence-electron chi connectivity index (χ2n) is 6.12. The molecule has 0 saturated heterocycles. The van der Waals surface area contributed by atoms with Crippen molar-refractivity contribution in [1.29, 1.82) is 0 Å². The topological polar surface area (TPSA) is 89.7 Å². The van der Waals surface area contributed by atoms with Crippen molar-refractivity contribution in [1.82, 2.24) is 4.90 Å². The monoisotopic (exact) mass is 342 g/mol. The van der Waals surface area contributed by atoms with Crippen molar-refractivity contribution in [3.8, 4) is 0 Å². The van der Waals surface area contributed by atoms with E-state index in [1.807, 2.05) is 6.92 Å². The van der Waals surface area contributed by atoms with Gasteiger partial charge in [0.05, 0.1) is 6.61 Å². The molecule has 0 atom stereocenters. The van der Waals surface area contributed by atoms with Crippen LogP contribution in [0.4, 0.5) is 4.79 Å². The van der Waals surface area contributed by atoms with Gasteiger partial charge in [0.15, 0.2) is 0 Å². The number of unbranched alkanes of at least 4 members (excludes halogenated alkanes) is 8. The summed E-state index contributed by atoms with van der Waals surface area (Å²) in [5.74, 6) is -1.00. The number of hydrogen-bond donors (Lipinski definition) is 1. The van der Waals surface area contributed by atoms with Gasteiger partial charge in [-0.05, 0) is 12.8 Å². The standard InChI is InChI=1S/C18H34N2O4/c1-3-5-6-7-8-9-10-11-12-13-16(21)20(18(19)23)15-17(22)24-14-4-2/h3-15H2,1-2H3,(H2,19,23). The van der Waals surface area contributed by atoms with Crippen LogP contribution in [0.5, 0.6) is 0 Å². The Kier molecular flexibility index (Phi) is 14.0. The molecular weight excluding hydrogens is 308 g/mol. The lowest BCUT2D eigenvalue weighted by Gasteiger charge is -2.17. The zero-order valence-corrected chi connectivity index (χ0v) is 15.3. The predicted octanol–water partition coefficient (Wildman–Crippen LogP) is 3.77. The Morgan fingerprint density at radius 1 is 0.833 bits per heavy atom. The first-order valence-corrected chi connectivity index (χ1v) is 9.28. The summed E-state index contributed by atoms with van der Waals surface area (Å²) in [4.78, 5) is 35.6. The fourth-order valence-corrected chi connectivity index (χ4v) is 2.40. The number of urea groups is 1. The van der Waals surface area contributed by atoms with Gasteiger partial charge < -0.3 is 10.5 Å². The van der Waals surface area contributed by atoms with E-state index in [2.05, 4.69) is 6.92 Å². The van der Waals surface area contributed by atoms with Gasteiger partial charge in [-0.15, -0.1) is 0 Å². The highest BCUT2D eigenvalue weighted by atomic mass is 16.5. The Morgan fingerprint density at radius 3 is 1.88 bits per heavy atom. The summed E-state index contributed by atoms with van der Waals surface area (Å²) >= 11 is 0. The van der Waals surface area contributed by atoms with E-state index in [0.29, 0.717) is 12.8 Å². The smallest absolute Gasteiger partial charge is 0.326 e. The second-order valence-corrected chi connectivity index (χ2v) is 6.12. The summed E-state index contributed by atoms with van der Waals surface area (Å²) in [6.07, 6.45) is 11.2. The Bertz CT molecular complexity index is 372. The summed E-state index contributed by atoms with van der Waals surface area (Å²) in [7, 11) is 0. The third-order valence-corrected chi connectivity index (χ3v) is 3.82. The molecule has 0 saturated carbocycles. The van der Waals surface area contributed by atoms with E-state index in [9.17, 15) is 14.4 Å². The van der Waals surface area contributed by atoms with Crippen LogP contribution in [0.1, 0.15) is 84.5 Å². The summed E-state index contributed by atoms with van der Waals surface area (Å²) in [6, 6.07) is -0.899. The molecule has 6 nitrogen and oxygen atoms in total. The summed E-state index contributed by atoms with van der Waals surface area (Å²) in [6.45, 7) is 3.95. The largest absolute Gasteiger partial charge is 0.464 e. The molecule has 0 fully saturated rings. The molecule has 0 aliphatic rings. The average molecular weight is 342 g/mol. The van der Waals surface area contributed by atoms with E-state index in [1.54, 1.807) is 0 Å². The first-order chi connectivity index (χ1) is 11.5. The SMILES string of the molecule is CCCCCCCCCCCC(=O)N(CC(=O)OCCC)C(N)=O. The lowest BCUT2D eigenvalue weighted by molar-refractivity contribution is -0.147. The Labute approximate surface area is 146 Å². The molecule has 0 bridgehead atoms. The molecule has 0 radical (unpaired) electrons. The summed E-state index contributed by atoms with van der Waals surface area (Å²) in [5, 5.41) is 0. The van der Waals surface area contributed by atoms with Crippen LogP contribution in [0.2, 0.25) is 0 Å². The summed E-state index contributed by atoms with van der Waals surface area (Å²) < 4.78 is 4.88. The van der Waals surface area contributed by atoms with E-state index < -0.39 is 24.5 Å². The molecule has 24 heavy (non-hydrogen) atoms. The van der Waals surface area contributed by atoms with Crippen LogP contribution in [-0.4, -0.2) is 36.0 Å². The van der Waals surface area contributed by atoms with Crippen LogP contribution in [0, 0.1) is 0 Å². The number of nitrogens with zero attached hydrogens (tertiary/aromatic N) is 1. The number of imide groups is 1. The number of amides is 3. The number of carbonyl (C=O) groups is 3. The second kappa shape index (κ2) is 15.0. The van der Waals surface area contributed by atoms with Crippen molar-refractivity contribution in [2.24, 2.45) is 5.73 Å². The number of primary amides is 1. The average Bonchev–Trinajstić information content (AvgIpc) is 2.55. The van der Waals surface area contributed by atoms with Crippen molar-refractivity contribution >= 4 is 17.9 Å². The van der Waals surface area contributed by atoms with Crippen molar-refractivity contribution in [3.05, 3.63) is 0 Å². The molecular formula is C18H34N2O4.